The molecular weight excluding hydrogens is 196 g/mol. The van der Waals surface area contributed by atoms with Crippen LogP contribution in [0.15, 0.2) is 0 Å². The number of nitrogens with zero attached hydrogens (tertiary/aromatic N) is 1. The first-order valence-corrected chi connectivity index (χ1v) is 7.26. The number of hydrogen-bond donors (Lipinski definition) is 1. The summed E-state index contributed by atoms with van der Waals surface area (Å²) in [4.78, 5) is 2.54. The molecule has 1 unspecified atom stereocenters. The minimum absolute atomic E-state index is 0.805. The van der Waals surface area contributed by atoms with Crippen LogP contribution in [0.5, 0.6) is 0 Å². The van der Waals surface area contributed by atoms with Crippen molar-refractivity contribution in [3.8, 4) is 0 Å². The smallest absolute Gasteiger partial charge is 0.00792 e. The van der Waals surface area contributed by atoms with Gasteiger partial charge >= 0.3 is 0 Å². The second-order valence-electron chi connectivity index (χ2n) is 5.82. The van der Waals surface area contributed by atoms with Gasteiger partial charge in [0.1, 0.15) is 0 Å². The second kappa shape index (κ2) is 6.61. The van der Waals surface area contributed by atoms with Gasteiger partial charge in [-0.25, -0.2) is 0 Å². The van der Waals surface area contributed by atoms with E-state index in [1.54, 1.807) is 0 Å². The van der Waals surface area contributed by atoms with Gasteiger partial charge in [0.25, 0.3) is 0 Å². The first kappa shape index (κ1) is 12.4. The number of nitrogens with one attached hydrogen (secondary N) is 1. The Balaban J connectivity index is 1.50. The lowest BCUT2D eigenvalue weighted by molar-refractivity contribution is 0.228. The summed E-state index contributed by atoms with van der Waals surface area (Å²) in [6.45, 7) is 3.85. The summed E-state index contributed by atoms with van der Waals surface area (Å²) < 4.78 is 0. The second-order valence-corrected chi connectivity index (χ2v) is 5.82. The Bertz CT molecular complexity index is 183. The van der Waals surface area contributed by atoms with Crippen molar-refractivity contribution < 1.29 is 0 Å². The van der Waals surface area contributed by atoms with Gasteiger partial charge in [0.15, 0.2) is 0 Å². The Morgan fingerprint density at radius 2 is 1.81 bits per heavy atom. The molecule has 0 aromatic rings. The molecule has 1 saturated heterocycles. The maximum atomic E-state index is 3.63. The zero-order valence-electron chi connectivity index (χ0n) is 10.9. The van der Waals surface area contributed by atoms with Crippen LogP contribution in [0.2, 0.25) is 0 Å². The quantitative estimate of drug-likeness (QED) is 0.746. The third-order valence-corrected chi connectivity index (χ3v) is 4.42. The van der Waals surface area contributed by atoms with E-state index in [1.807, 2.05) is 0 Å². The molecule has 0 spiro atoms. The van der Waals surface area contributed by atoms with Crippen molar-refractivity contribution in [3.63, 3.8) is 0 Å². The Labute approximate surface area is 101 Å². The van der Waals surface area contributed by atoms with E-state index in [4.69, 9.17) is 0 Å². The van der Waals surface area contributed by atoms with E-state index in [-0.39, 0.29) is 0 Å². The highest BCUT2D eigenvalue weighted by molar-refractivity contribution is 4.74. The van der Waals surface area contributed by atoms with Crippen LogP contribution in [0.3, 0.4) is 0 Å². The number of piperidine rings is 1. The minimum atomic E-state index is 0.805. The van der Waals surface area contributed by atoms with E-state index in [2.05, 4.69) is 17.3 Å². The standard InChI is InChI=1S/C14H28N2/c1-16(11-8-13-5-4-6-13)12-9-14-7-2-3-10-15-14/h13-15H,2-12H2,1H3. The van der Waals surface area contributed by atoms with Crippen LogP contribution in [-0.2, 0) is 0 Å². The van der Waals surface area contributed by atoms with Gasteiger partial charge in [0.05, 0.1) is 0 Å². The molecule has 1 heterocycles. The molecule has 2 heteroatoms. The molecule has 0 amide bonds. The number of hydrogen-bond acceptors (Lipinski definition) is 2. The highest BCUT2D eigenvalue weighted by Gasteiger charge is 2.18. The number of rotatable bonds is 6. The van der Waals surface area contributed by atoms with E-state index < -0.39 is 0 Å². The van der Waals surface area contributed by atoms with Crippen LogP contribution in [0.1, 0.15) is 51.4 Å². The van der Waals surface area contributed by atoms with Gasteiger partial charge in [-0.1, -0.05) is 25.7 Å². The molecule has 1 saturated carbocycles. The molecule has 0 bridgehead atoms. The van der Waals surface area contributed by atoms with Gasteiger partial charge in [-0.15, -0.1) is 0 Å². The van der Waals surface area contributed by atoms with Crippen molar-refractivity contribution >= 4 is 0 Å². The molecule has 2 aliphatic rings. The third-order valence-electron chi connectivity index (χ3n) is 4.42. The van der Waals surface area contributed by atoms with Crippen LogP contribution in [0.4, 0.5) is 0 Å². The fraction of sp³-hybridized carbons (Fsp3) is 1.00. The highest BCUT2D eigenvalue weighted by atomic mass is 15.1. The summed E-state index contributed by atoms with van der Waals surface area (Å²) in [6, 6.07) is 0.805. The van der Waals surface area contributed by atoms with Crippen molar-refractivity contribution in [2.45, 2.75) is 57.4 Å². The summed E-state index contributed by atoms with van der Waals surface area (Å²) >= 11 is 0. The van der Waals surface area contributed by atoms with E-state index in [9.17, 15) is 0 Å². The van der Waals surface area contributed by atoms with Crippen molar-refractivity contribution in [2.75, 3.05) is 26.7 Å². The lowest BCUT2D eigenvalue weighted by Crippen LogP contribution is -2.37. The predicted octanol–water partition coefficient (Wildman–Crippen LogP) is 2.64. The Hall–Kier alpha value is -0.0800. The molecule has 2 rings (SSSR count). The van der Waals surface area contributed by atoms with Gasteiger partial charge in [0.2, 0.25) is 0 Å². The van der Waals surface area contributed by atoms with E-state index in [0.29, 0.717) is 0 Å². The molecule has 2 fully saturated rings. The lowest BCUT2D eigenvalue weighted by atomic mass is 9.83. The topological polar surface area (TPSA) is 15.3 Å². The van der Waals surface area contributed by atoms with E-state index in [1.165, 1.54) is 71.0 Å². The van der Waals surface area contributed by atoms with Crippen molar-refractivity contribution in [3.05, 3.63) is 0 Å². The summed E-state index contributed by atoms with van der Waals surface area (Å²) in [7, 11) is 2.29. The maximum Gasteiger partial charge on any atom is 0.00792 e. The monoisotopic (exact) mass is 224 g/mol. The minimum Gasteiger partial charge on any atom is -0.314 e. The molecule has 94 valence electrons. The van der Waals surface area contributed by atoms with Gasteiger partial charge < -0.3 is 10.2 Å². The molecule has 0 aromatic heterocycles. The van der Waals surface area contributed by atoms with Crippen LogP contribution in [0, 0.1) is 5.92 Å². The van der Waals surface area contributed by atoms with Gasteiger partial charge in [-0.3, -0.25) is 0 Å². The molecular formula is C14H28N2. The molecule has 0 aromatic carbocycles. The molecule has 1 atom stereocenters. The largest absolute Gasteiger partial charge is 0.314 e. The first-order chi connectivity index (χ1) is 7.84. The predicted molar refractivity (Wildman–Crippen MR) is 69.7 cm³/mol. The Morgan fingerprint density at radius 1 is 1.00 bits per heavy atom. The SMILES string of the molecule is CN(CCC1CCC1)CCC1CCCCN1. The van der Waals surface area contributed by atoms with Crippen molar-refractivity contribution in [2.24, 2.45) is 5.92 Å². The van der Waals surface area contributed by atoms with Crippen LogP contribution in [0.25, 0.3) is 0 Å². The Morgan fingerprint density at radius 3 is 2.44 bits per heavy atom. The third kappa shape index (κ3) is 4.06. The zero-order chi connectivity index (χ0) is 11.2. The average molecular weight is 224 g/mol. The maximum absolute atomic E-state index is 3.63. The first-order valence-electron chi connectivity index (χ1n) is 7.26. The van der Waals surface area contributed by atoms with E-state index in [0.717, 1.165) is 12.0 Å². The summed E-state index contributed by atoms with van der Waals surface area (Å²) in [5.41, 5.74) is 0. The molecule has 0 radical (unpaired) electrons. The zero-order valence-corrected chi connectivity index (χ0v) is 10.9. The van der Waals surface area contributed by atoms with Gasteiger partial charge in [-0.05, 0) is 58.3 Å². The van der Waals surface area contributed by atoms with Crippen LogP contribution >= 0.6 is 0 Å². The molecule has 1 N–H and O–H groups in total. The summed E-state index contributed by atoms with van der Waals surface area (Å²) in [6.07, 6.45) is 11.5. The van der Waals surface area contributed by atoms with Crippen molar-refractivity contribution in [1.29, 1.82) is 0 Å². The highest BCUT2D eigenvalue weighted by Crippen LogP contribution is 2.29. The van der Waals surface area contributed by atoms with Gasteiger partial charge in [-0.2, -0.15) is 0 Å². The normalized spacial score (nSPS) is 27.0. The molecule has 16 heavy (non-hydrogen) atoms. The van der Waals surface area contributed by atoms with E-state index >= 15 is 0 Å². The fourth-order valence-corrected chi connectivity index (χ4v) is 2.84. The molecule has 2 nitrogen and oxygen atoms in total. The fourth-order valence-electron chi connectivity index (χ4n) is 2.84. The molecule has 1 aliphatic carbocycles. The molecule has 1 aliphatic heterocycles. The summed E-state index contributed by atoms with van der Waals surface area (Å²) in [5, 5.41) is 3.63. The van der Waals surface area contributed by atoms with Crippen molar-refractivity contribution in [1.82, 2.24) is 10.2 Å². The van der Waals surface area contributed by atoms with Crippen LogP contribution < -0.4 is 5.32 Å². The van der Waals surface area contributed by atoms with Crippen LogP contribution in [-0.4, -0.2) is 37.6 Å². The van der Waals surface area contributed by atoms with Gasteiger partial charge in [0, 0.05) is 6.04 Å². The lowest BCUT2D eigenvalue weighted by Gasteiger charge is -2.29. The average Bonchev–Trinajstić information content (AvgIpc) is 2.26. The summed E-state index contributed by atoms with van der Waals surface area (Å²) in [5.74, 6) is 1.07. The Kier molecular flexibility index (Phi) is 5.11.